The summed E-state index contributed by atoms with van der Waals surface area (Å²) in [5.74, 6) is 5.71. The van der Waals surface area contributed by atoms with Crippen LogP contribution in [0, 0.1) is 10.5 Å². The Morgan fingerprint density at radius 3 is 2.60 bits per heavy atom. The first-order chi connectivity index (χ1) is 9.56. The van der Waals surface area contributed by atoms with Crippen molar-refractivity contribution in [1.82, 2.24) is 15.2 Å². The second kappa shape index (κ2) is 6.89. The van der Waals surface area contributed by atoms with Gasteiger partial charge >= 0.3 is 0 Å². The summed E-state index contributed by atoms with van der Waals surface area (Å²) >= 11 is 8.64. The fraction of sp³-hybridized carbons (Fsp3) is 0.357. The Morgan fingerprint density at radius 1 is 1.40 bits per heavy atom. The van der Waals surface area contributed by atoms with Crippen molar-refractivity contribution in [3.8, 4) is 0 Å². The summed E-state index contributed by atoms with van der Waals surface area (Å²) in [6.07, 6.45) is 0.713. The fourth-order valence-corrected chi connectivity index (χ4v) is 2.80. The first kappa shape index (κ1) is 15.8. The maximum absolute atomic E-state index is 6.35. The van der Waals surface area contributed by atoms with Crippen molar-refractivity contribution in [3.05, 3.63) is 49.8 Å². The Hall–Kier alpha value is -0.630. The van der Waals surface area contributed by atoms with Crippen molar-refractivity contribution in [1.29, 1.82) is 0 Å². The summed E-state index contributed by atoms with van der Waals surface area (Å²) in [5.41, 5.74) is 5.90. The molecule has 1 atom stereocenters. The molecular formula is C14H18ClIN4. The summed E-state index contributed by atoms with van der Waals surface area (Å²) in [6.45, 7) is 4.78. The van der Waals surface area contributed by atoms with Crippen molar-refractivity contribution in [2.75, 3.05) is 0 Å². The van der Waals surface area contributed by atoms with Crippen molar-refractivity contribution in [2.45, 2.75) is 32.9 Å². The normalized spacial score (nSPS) is 12.7. The number of hydrazine groups is 1. The number of nitrogens with two attached hydrogens (primary N) is 1. The molecule has 1 unspecified atom stereocenters. The molecule has 0 amide bonds. The lowest BCUT2D eigenvalue weighted by Gasteiger charge is -2.17. The monoisotopic (exact) mass is 404 g/mol. The van der Waals surface area contributed by atoms with Gasteiger partial charge in [-0.1, -0.05) is 23.7 Å². The number of halogens is 2. The topological polar surface area (TPSA) is 55.9 Å². The fourth-order valence-electron chi connectivity index (χ4n) is 2.23. The average Bonchev–Trinajstić information content (AvgIpc) is 2.73. The van der Waals surface area contributed by atoms with Gasteiger partial charge in [0.25, 0.3) is 0 Å². The first-order valence-corrected chi connectivity index (χ1v) is 7.95. The minimum absolute atomic E-state index is 0.0194. The molecule has 0 aliphatic rings. The van der Waals surface area contributed by atoms with Crippen molar-refractivity contribution >= 4 is 34.2 Å². The molecule has 1 aromatic heterocycles. The van der Waals surface area contributed by atoms with Crippen LogP contribution in [-0.4, -0.2) is 9.78 Å². The predicted octanol–water partition coefficient (Wildman–Crippen LogP) is 3.22. The molecule has 0 bridgehead atoms. The van der Waals surface area contributed by atoms with E-state index in [9.17, 15) is 0 Å². The predicted molar refractivity (Wildman–Crippen MR) is 90.6 cm³/mol. The van der Waals surface area contributed by atoms with Crippen molar-refractivity contribution in [3.63, 3.8) is 0 Å². The molecule has 0 radical (unpaired) electrons. The molecule has 20 heavy (non-hydrogen) atoms. The first-order valence-electron chi connectivity index (χ1n) is 6.50. The zero-order valence-electron chi connectivity index (χ0n) is 11.5. The van der Waals surface area contributed by atoms with E-state index in [1.54, 1.807) is 0 Å². The molecule has 0 saturated carbocycles. The highest BCUT2D eigenvalue weighted by Crippen LogP contribution is 2.26. The van der Waals surface area contributed by atoms with Crippen LogP contribution in [0.15, 0.2) is 24.3 Å². The molecule has 3 N–H and O–H groups in total. The minimum atomic E-state index is 0.0194. The molecule has 6 heteroatoms. The molecule has 2 aromatic rings. The molecule has 0 fully saturated rings. The van der Waals surface area contributed by atoms with Crippen LogP contribution in [0.4, 0.5) is 0 Å². The van der Waals surface area contributed by atoms with Gasteiger partial charge in [-0.15, -0.1) is 0 Å². The lowest BCUT2D eigenvalue weighted by molar-refractivity contribution is 0.517. The van der Waals surface area contributed by atoms with Crippen molar-refractivity contribution < 1.29 is 0 Å². The molecule has 108 valence electrons. The van der Waals surface area contributed by atoms with Crippen LogP contribution in [0.2, 0.25) is 5.02 Å². The summed E-state index contributed by atoms with van der Waals surface area (Å²) < 4.78 is 3.14. The van der Waals surface area contributed by atoms with Crippen LogP contribution >= 0.6 is 34.2 Å². The smallest absolute Gasteiger partial charge is 0.0847 e. The third kappa shape index (κ3) is 3.33. The Morgan fingerprint density at radius 2 is 2.05 bits per heavy atom. The Kier molecular flexibility index (Phi) is 5.42. The van der Waals surface area contributed by atoms with Crippen LogP contribution in [0.1, 0.15) is 29.9 Å². The van der Waals surface area contributed by atoms with Crippen LogP contribution in [0.3, 0.4) is 0 Å². The number of rotatable bonds is 5. The average molecular weight is 405 g/mol. The maximum atomic E-state index is 6.35. The highest BCUT2D eigenvalue weighted by Gasteiger charge is 2.18. The number of nitrogens with zero attached hydrogens (tertiary/aromatic N) is 2. The zero-order valence-corrected chi connectivity index (χ0v) is 14.4. The van der Waals surface area contributed by atoms with Gasteiger partial charge in [-0.05, 0) is 54.1 Å². The summed E-state index contributed by atoms with van der Waals surface area (Å²) in [4.78, 5) is 0. The zero-order chi connectivity index (χ0) is 14.7. The quantitative estimate of drug-likeness (QED) is 0.457. The molecule has 1 aromatic carbocycles. The molecule has 0 spiro atoms. The molecule has 0 aliphatic carbocycles. The van der Waals surface area contributed by atoms with Crippen LogP contribution < -0.4 is 11.3 Å². The lowest BCUT2D eigenvalue weighted by Crippen LogP contribution is -2.30. The molecule has 0 saturated heterocycles. The maximum Gasteiger partial charge on any atom is 0.0847 e. The molecular weight excluding hydrogens is 387 g/mol. The summed E-state index contributed by atoms with van der Waals surface area (Å²) in [5, 5.41) is 5.17. The number of nitrogens with one attached hydrogen (secondary N) is 1. The van der Waals surface area contributed by atoms with Gasteiger partial charge in [-0.25, -0.2) is 0 Å². The number of hydrogen-bond donors (Lipinski definition) is 2. The van der Waals surface area contributed by atoms with Gasteiger partial charge in [0.2, 0.25) is 0 Å². The van der Waals surface area contributed by atoms with Gasteiger partial charge in [0.15, 0.2) is 0 Å². The van der Waals surface area contributed by atoms with E-state index in [2.05, 4.69) is 64.3 Å². The second-order valence-electron chi connectivity index (χ2n) is 4.64. The van der Waals surface area contributed by atoms with Gasteiger partial charge in [0.1, 0.15) is 0 Å². The largest absolute Gasteiger partial charge is 0.271 e. The van der Waals surface area contributed by atoms with E-state index in [1.165, 1.54) is 3.57 Å². The van der Waals surface area contributed by atoms with E-state index in [0.717, 1.165) is 28.5 Å². The van der Waals surface area contributed by atoms with Gasteiger partial charge in [0, 0.05) is 16.5 Å². The summed E-state index contributed by atoms with van der Waals surface area (Å²) in [6, 6.07) is 8.33. The Balaban J connectivity index is 2.28. The highest BCUT2D eigenvalue weighted by molar-refractivity contribution is 14.1. The number of aryl methyl sites for hydroxylation is 2. The highest BCUT2D eigenvalue weighted by atomic mass is 127. The van der Waals surface area contributed by atoms with E-state index in [1.807, 2.05) is 11.6 Å². The van der Waals surface area contributed by atoms with Gasteiger partial charge < -0.3 is 0 Å². The van der Waals surface area contributed by atoms with Crippen LogP contribution in [0.5, 0.6) is 0 Å². The second-order valence-corrected chi connectivity index (χ2v) is 6.26. The van der Waals surface area contributed by atoms with Crippen molar-refractivity contribution in [2.24, 2.45) is 5.84 Å². The molecule has 0 aliphatic heterocycles. The van der Waals surface area contributed by atoms with Gasteiger partial charge in [-0.3, -0.25) is 16.0 Å². The minimum Gasteiger partial charge on any atom is -0.271 e. The molecule has 4 nitrogen and oxygen atoms in total. The van der Waals surface area contributed by atoms with E-state index < -0.39 is 0 Å². The lowest BCUT2D eigenvalue weighted by atomic mass is 10.0. The standard InChI is InChI=1S/C14H18ClIN4/c1-3-20-13(14(15)9(2)19-20)8-12(18-17)10-4-6-11(16)7-5-10/h4-7,12,18H,3,8,17H2,1-2H3. The van der Waals surface area contributed by atoms with E-state index in [0.29, 0.717) is 6.42 Å². The van der Waals surface area contributed by atoms with Crippen LogP contribution in [0.25, 0.3) is 0 Å². The summed E-state index contributed by atoms with van der Waals surface area (Å²) in [7, 11) is 0. The van der Waals surface area contributed by atoms with Gasteiger partial charge in [0.05, 0.1) is 22.5 Å². The van der Waals surface area contributed by atoms with E-state index in [-0.39, 0.29) is 6.04 Å². The Labute approximate surface area is 137 Å². The number of hydrogen-bond acceptors (Lipinski definition) is 3. The molecule has 2 rings (SSSR count). The Bertz CT molecular complexity index is 580. The van der Waals surface area contributed by atoms with Crippen LogP contribution in [-0.2, 0) is 13.0 Å². The number of benzene rings is 1. The van der Waals surface area contributed by atoms with E-state index >= 15 is 0 Å². The SMILES string of the molecule is CCn1nc(C)c(Cl)c1CC(NN)c1ccc(I)cc1. The van der Waals surface area contributed by atoms with E-state index in [4.69, 9.17) is 17.4 Å². The third-order valence-electron chi connectivity index (χ3n) is 3.32. The number of aromatic nitrogens is 2. The van der Waals surface area contributed by atoms with Gasteiger partial charge in [-0.2, -0.15) is 5.10 Å². The molecule has 1 heterocycles. The third-order valence-corrected chi connectivity index (χ3v) is 4.53.